The van der Waals surface area contributed by atoms with Crippen LogP contribution in [-0.4, -0.2) is 24.6 Å². The average molecular weight is 349 g/mol. The van der Waals surface area contributed by atoms with Crippen LogP contribution in [0, 0.1) is 5.92 Å². The largest absolute Gasteiger partial charge is 0.358 e. The van der Waals surface area contributed by atoms with Gasteiger partial charge in [0.15, 0.2) is 0 Å². The Morgan fingerprint density at radius 3 is 2.75 bits per heavy atom. The molecule has 0 amide bonds. The second kappa shape index (κ2) is 5.02. The third kappa shape index (κ3) is 2.76. The highest BCUT2D eigenvalue weighted by Crippen LogP contribution is 2.30. The number of hydrogen-bond acceptors (Lipinski definition) is 3. The average Bonchev–Trinajstić information content (AvgIpc) is 2.15. The molecule has 0 spiro atoms. The SMILES string of the molecule is CN(CC1CC(N)C1)c1ncc(Br)cc1Br. The summed E-state index contributed by atoms with van der Waals surface area (Å²) < 4.78 is 2.01. The predicted octanol–water partition coefficient (Wildman–Crippen LogP) is 2.78. The number of pyridine rings is 1. The molecular formula is C11H15Br2N3. The van der Waals surface area contributed by atoms with Crippen LogP contribution in [0.5, 0.6) is 0 Å². The standard InChI is InChI=1S/C11H15Br2N3/c1-16(6-7-2-9(14)3-7)11-10(13)4-8(12)5-15-11/h4-5,7,9H,2-3,6,14H2,1H3. The molecule has 1 heterocycles. The number of nitrogens with two attached hydrogens (primary N) is 1. The van der Waals surface area contributed by atoms with E-state index in [1.54, 1.807) is 0 Å². The maximum Gasteiger partial charge on any atom is 0.142 e. The molecule has 0 bridgehead atoms. The molecule has 1 aliphatic carbocycles. The zero-order chi connectivity index (χ0) is 11.7. The van der Waals surface area contributed by atoms with Gasteiger partial charge in [-0.25, -0.2) is 4.98 Å². The Morgan fingerprint density at radius 1 is 1.50 bits per heavy atom. The van der Waals surface area contributed by atoms with Gasteiger partial charge in [-0.3, -0.25) is 0 Å². The Balaban J connectivity index is 2.00. The highest BCUT2D eigenvalue weighted by molar-refractivity contribution is 9.11. The van der Waals surface area contributed by atoms with E-state index in [0.717, 1.165) is 40.1 Å². The molecule has 2 rings (SSSR count). The molecule has 3 nitrogen and oxygen atoms in total. The van der Waals surface area contributed by atoms with Crippen molar-refractivity contribution in [3.8, 4) is 0 Å². The van der Waals surface area contributed by atoms with Crippen molar-refractivity contribution >= 4 is 37.7 Å². The summed E-state index contributed by atoms with van der Waals surface area (Å²) in [4.78, 5) is 6.60. The van der Waals surface area contributed by atoms with E-state index >= 15 is 0 Å². The Morgan fingerprint density at radius 2 is 2.19 bits per heavy atom. The van der Waals surface area contributed by atoms with Crippen molar-refractivity contribution < 1.29 is 0 Å². The minimum Gasteiger partial charge on any atom is -0.358 e. The second-order valence-electron chi connectivity index (χ2n) is 4.44. The van der Waals surface area contributed by atoms with Crippen molar-refractivity contribution in [2.75, 3.05) is 18.5 Å². The van der Waals surface area contributed by atoms with E-state index in [4.69, 9.17) is 5.73 Å². The van der Waals surface area contributed by atoms with Crippen molar-refractivity contribution in [1.82, 2.24) is 4.98 Å². The van der Waals surface area contributed by atoms with Gasteiger partial charge in [0, 0.05) is 30.3 Å². The lowest BCUT2D eigenvalue weighted by Gasteiger charge is -2.35. The molecule has 88 valence electrons. The Hall–Kier alpha value is -0.130. The maximum atomic E-state index is 5.78. The summed E-state index contributed by atoms with van der Waals surface area (Å²) in [6.45, 7) is 1.03. The minimum absolute atomic E-state index is 0.416. The molecule has 0 unspecified atom stereocenters. The van der Waals surface area contributed by atoms with Gasteiger partial charge in [0.25, 0.3) is 0 Å². The van der Waals surface area contributed by atoms with Gasteiger partial charge in [0.2, 0.25) is 0 Å². The first-order valence-corrected chi connectivity index (χ1v) is 6.92. The van der Waals surface area contributed by atoms with Crippen LogP contribution < -0.4 is 10.6 Å². The van der Waals surface area contributed by atoms with Crippen molar-refractivity contribution in [2.45, 2.75) is 18.9 Å². The van der Waals surface area contributed by atoms with Crippen LogP contribution in [0.25, 0.3) is 0 Å². The first-order chi connectivity index (χ1) is 7.56. The third-order valence-electron chi connectivity index (χ3n) is 2.95. The molecule has 5 heteroatoms. The minimum atomic E-state index is 0.416. The monoisotopic (exact) mass is 347 g/mol. The van der Waals surface area contributed by atoms with E-state index in [-0.39, 0.29) is 0 Å². The number of rotatable bonds is 3. The molecule has 1 aliphatic rings. The molecule has 16 heavy (non-hydrogen) atoms. The molecule has 1 aromatic heterocycles. The summed E-state index contributed by atoms with van der Waals surface area (Å²) in [6, 6.07) is 2.44. The second-order valence-corrected chi connectivity index (χ2v) is 6.21. The van der Waals surface area contributed by atoms with Gasteiger partial charge in [-0.2, -0.15) is 0 Å². The van der Waals surface area contributed by atoms with E-state index < -0.39 is 0 Å². The zero-order valence-corrected chi connectivity index (χ0v) is 12.3. The van der Waals surface area contributed by atoms with Gasteiger partial charge >= 0.3 is 0 Å². The molecule has 1 fully saturated rings. The van der Waals surface area contributed by atoms with Gasteiger partial charge in [-0.05, 0) is 56.7 Å². The summed E-state index contributed by atoms with van der Waals surface area (Å²) in [6.07, 6.45) is 4.10. The van der Waals surface area contributed by atoms with E-state index in [2.05, 4.69) is 48.8 Å². The number of halogens is 2. The fraction of sp³-hybridized carbons (Fsp3) is 0.545. The van der Waals surface area contributed by atoms with Crippen molar-refractivity contribution in [1.29, 1.82) is 0 Å². The third-order valence-corrected chi connectivity index (χ3v) is 3.97. The summed E-state index contributed by atoms with van der Waals surface area (Å²) in [7, 11) is 2.07. The Kier molecular flexibility index (Phi) is 3.87. The van der Waals surface area contributed by atoms with Crippen LogP contribution in [0.3, 0.4) is 0 Å². The fourth-order valence-corrected chi connectivity index (χ4v) is 3.39. The zero-order valence-electron chi connectivity index (χ0n) is 9.16. The lowest BCUT2D eigenvalue weighted by atomic mass is 9.80. The number of nitrogens with zero attached hydrogens (tertiary/aromatic N) is 2. The molecule has 0 atom stereocenters. The molecule has 0 radical (unpaired) electrons. The van der Waals surface area contributed by atoms with Crippen LogP contribution in [0.15, 0.2) is 21.2 Å². The molecule has 1 aromatic rings. The first kappa shape index (κ1) is 12.3. The summed E-state index contributed by atoms with van der Waals surface area (Å²) in [5, 5.41) is 0. The lowest BCUT2D eigenvalue weighted by Crippen LogP contribution is -2.42. The molecule has 2 N–H and O–H groups in total. The number of aromatic nitrogens is 1. The summed E-state index contributed by atoms with van der Waals surface area (Å²) in [5.74, 6) is 1.71. The van der Waals surface area contributed by atoms with E-state index in [9.17, 15) is 0 Å². The highest BCUT2D eigenvalue weighted by Gasteiger charge is 2.27. The van der Waals surface area contributed by atoms with Gasteiger partial charge in [-0.15, -0.1) is 0 Å². The quantitative estimate of drug-likeness (QED) is 0.913. The number of hydrogen-bond donors (Lipinski definition) is 1. The highest BCUT2D eigenvalue weighted by atomic mass is 79.9. The van der Waals surface area contributed by atoms with Crippen LogP contribution in [0.2, 0.25) is 0 Å². The summed E-state index contributed by atoms with van der Waals surface area (Å²) >= 11 is 6.93. The molecule has 0 aliphatic heterocycles. The van der Waals surface area contributed by atoms with E-state index in [1.165, 1.54) is 0 Å². The van der Waals surface area contributed by atoms with Gasteiger partial charge in [0.1, 0.15) is 5.82 Å². The first-order valence-electron chi connectivity index (χ1n) is 5.34. The molecule has 0 aromatic carbocycles. The summed E-state index contributed by atoms with van der Waals surface area (Å²) in [5.41, 5.74) is 5.78. The Bertz CT molecular complexity index is 377. The van der Waals surface area contributed by atoms with Crippen molar-refractivity contribution in [3.05, 3.63) is 21.2 Å². The van der Waals surface area contributed by atoms with Crippen LogP contribution in [-0.2, 0) is 0 Å². The normalized spacial score (nSPS) is 24.0. The predicted molar refractivity (Wildman–Crippen MR) is 73.6 cm³/mol. The van der Waals surface area contributed by atoms with Crippen LogP contribution in [0.1, 0.15) is 12.8 Å². The smallest absolute Gasteiger partial charge is 0.142 e. The number of anilines is 1. The van der Waals surface area contributed by atoms with E-state index in [1.807, 2.05) is 12.3 Å². The lowest BCUT2D eigenvalue weighted by molar-refractivity contribution is 0.270. The molecule has 0 saturated heterocycles. The van der Waals surface area contributed by atoms with Crippen LogP contribution in [0.4, 0.5) is 5.82 Å². The maximum absolute atomic E-state index is 5.78. The fourth-order valence-electron chi connectivity index (χ4n) is 2.10. The van der Waals surface area contributed by atoms with Crippen molar-refractivity contribution in [2.24, 2.45) is 11.7 Å². The Labute approximate surface area is 113 Å². The van der Waals surface area contributed by atoms with Gasteiger partial charge in [-0.1, -0.05) is 0 Å². The van der Waals surface area contributed by atoms with Crippen molar-refractivity contribution in [3.63, 3.8) is 0 Å². The van der Waals surface area contributed by atoms with Gasteiger partial charge < -0.3 is 10.6 Å². The molecular weight excluding hydrogens is 334 g/mol. The topological polar surface area (TPSA) is 42.1 Å². The van der Waals surface area contributed by atoms with E-state index in [0.29, 0.717) is 6.04 Å². The molecule has 1 saturated carbocycles. The van der Waals surface area contributed by atoms with Crippen LogP contribution >= 0.6 is 31.9 Å². The van der Waals surface area contributed by atoms with Gasteiger partial charge in [0.05, 0.1) is 4.47 Å².